The summed E-state index contributed by atoms with van der Waals surface area (Å²) in [4.78, 5) is 0. The van der Waals surface area contributed by atoms with Crippen LogP contribution in [0, 0.1) is 6.92 Å². The molecule has 0 radical (unpaired) electrons. The number of aliphatic hydroxyl groups is 1. The van der Waals surface area contributed by atoms with Crippen LogP contribution in [0.5, 0.6) is 5.75 Å². The minimum atomic E-state index is 0.184. The maximum atomic E-state index is 8.75. The van der Waals surface area contributed by atoms with E-state index < -0.39 is 0 Å². The zero-order chi connectivity index (χ0) is 13.5. The second kappa shape index (κ2) is 6.89. The summed E-state index contributed by atoms with van der Waals surface area (Å²) in [5.74, 6) is 0.876. The van der Waals surface area contributed by atoms with Gasteiger partial charge in [-0.05, 0) is 37.5 Å². The Labute approximate surface area is 112 Å². The van der Waals surface area contributed by atoms with Crippen molar-refractivity contribution in [1.82, 2.24) is 15.0 Å². The van der Waals surface area contributed by atoms with Gasteiger partial charge in [0, 0.05) is 12.8 Å². The maximum absolute atomic E-state index is 8.75. The molecule has 0 fully saturated rings. The minimum absolute atomic E-state index is 0.184. The second-order valence-corrected chi connectivity index (χ2v) is 4.47. The summed E-state index contributed by atoms with van der Waals surface area (Å²) in [6.45, 7) is 3.45. The zero-order valence-electron chi connectivity index (χ0n) is 11.1. The fraction of sp³-hybridized carbons (Fsp3) is 0.429. The highest BCUT2D eigenvalue weighted by atomic mass is 16.5. The van der Waals surface area contributed by atoms with Gasteiger partial charge in [-0.2, -0.15) is 0 Å². The lowest BCUT2D eigenvalue weighted by Crippen LogP contribution is -2.08. The standard InChI is InChI=1S/C14H19N3O2/c1-12-4-2-6-14(10-12)19-9-7-17-11-13(15-16-17)5-3-8-18/h2,4,6,10-11,18H,3,5,7-9H2,1H3. The van der Waals surface area contributed by atoms with E-state index in [1.54, 1.807) is 4.68 Å². The van der Waals surface area contributed by atoms with Gasteiger partial charge in [0.1, 0.15) is 12.4 Å². The lowest BCUT2D eigenvalue weighted by atomic mass is 10.2. The monoisotopic (exact) mass is 261 g/mol. The summed E-state index contributed by atoms with van der Waals surface area (Å²) in [5.41, 5.74) is 2.09. The van der Waals surface area contributed by atoms with E-state index in [-0.39, 0.29) is 6.61 Å². The topological polar surface area (TPSA) is 60.2 Å². The van der Waals surface area contributed by atoms with E-state index in [1.165, 1.54) is 5.56 Å². The number of hydrogen-bond donors (Lipinski definition) is 1. The summed E-state index contributed by atoms with van der Waals surface area (Å²) in [7, 11) is 0. The van der Waals surface area contributed by atoms with Crippen molar-refractivity contribution in [2.24, 2.45) is 0 Å². The molecule has 0 bridgehead atoms. The smallest absolute Gasteiger partial charge is 0.119 e. The van der Waals surface area contributed by atoms with Gasteiger partial charge >= 0.3 is 0 Å². The van der Waals surface area contributed by atoms with Crippen molar-refractivity contribution in [3.8, 4) is 5.75 Å². The molecule has 5 heteroatoms. The molecule has 0 aliphatic rings. The Bertz CT molecular complexity index is 511. The number of hydrogen-bond acceptors (Lipinski definition) is 4. The third-order valence-electron chi connectivity index (χ3n) is 2.76. The molecular weight excluding hydrogens is 242 g/mol. The Hall–Kier alpha value is -1.88. The van der Waals surface area contributed by atoms with E-state index in [9.17, 15) is 0 Å². The first-order valence-electron chi connectivity index (χ1n) is 6.47. The van der Waals surface area contributed by atoms with Crippen molar-refractivity contribution in [2.75, 3.05) is 13.2 Å². The van der Waals surface area contributed by atoms with E-state index in [0.717, 1.165) is 24.3 Å². The van der Waals surface area contributed by atoms with Crippen LogP contribution in [0.3, 0.4) is 0 Å². The Morgan fingerprint density at radius 2 is 2.26 bits per heavy atom. The fourth-order valence-electron chi connectivity index (χ4n) is 1.78. The van der Waals surface area contributed by atoms with E-state index >= 15 is 0 Å². The molecule has 0 amide bonds. The second-order valence-electron chi connectivity index (χ2n) is 4.47. The molecule has 5 nitrogen and oxygen atoms in total. The molecule has 19 heavy (non-hydrogen) atoms. The van der Waals surface area contributed by atoms with E-state index in [1.807, 2.05) is 37.4 Å². The van der Waals surface area contributed by atoms with Crippen molar-refractivity contribution in [1.29, 1.82) is 0 Å². The number of aromatic nitrogens is 3. The zero-order valence-corrected chi connectivity index (χ0v) is 11.1. The largest absolute Gasteiger partial charge is 0.492 e. The molecule has 0 atom stereocenters. The average molecular weight is 261 g/mol. The quantitative estimate of drug-likeness (QED) is 0.822. The molecule has 0 saturated heterocycles. The molecule has 102 valence electrons. The summed E-state index contributed by atoms with van der Waals surface area (Å²) >= 11 is 0. The first kappa shape index (κ1) is 13.5. The van der Waals surface area contributed by atoms with Crippen LogP contribution < -0.4 is 4.74 Å². The van der Waals surface area contributed by atoms with Crippen LogP contribution in [0.4, 0.5) is 0 Å². The van der Waals surface area contributed by atoms with Gasteiger partial charge in [-0.1, -0.05) is 17.3 Å². The lowest BCUT2D eigenvalue weighted by molar-refractivity contribution is 0.288. The molecular formula is C14H19N3O2. The number of benzene rings is 1. The van der Waals surface area contributed by atoms with Gasteiger partial charge in [0.05, 0.1) is 12.2 Å². The van der Waals surface area contributed by atoms with Crippen LogP contribution in [-0.2, 0) is 13.0 Å². The van der Waals surface area contributed by atoms with Crippen molar-refractivity contribution < 1.29 is 9.84 Å². The number of aliphatic hydroxyl groups excluding tert-OH is 1. The predicted molar refractivity (Wildman–Crippen MR) is 72.1 cm³/mol. The number of ether oxygens (including phenoxy) is 1. The van der Waals surface area contributed by atoms with Crippen molar-refractivity contribution in [3.63, 3.8) is 0 Å². The van der Waals surface area contributed by atoms with Crippen LogP contribution >= 0.6 is 0 Å². The third kappa shape index (κ3) is 4.37. The van der Waals surface area contributed by atoms with Gasteiger partial charge in [-0.15, -0.1) is 5.10 Å². The van der Waals surface area contributed by atoms with Gasteiger partial charge < -0.3 is 9.84 Å². The van der Waals surface area contributed by atoms with E-state index in [4.69, 9.17) is 9.84 Å². The third-order valence-corrected chi connectivity index (χ3v) is 2.76. The molecule has 0 aliphatic carbocycles. The molecule has 2 aromatic rings. The molecule has 1 heterocycles. The maximum Gasteiger partial charge on any atom is 0.119 e. The summed E-state index contributed by atoms with van der Waals surface area (Å²) < 4.78 is 7.42. The molecule has 0 saturated carbocycles. The number of aryl methyl sites for hydroxylation is 2. The highest BCUT2D eigenvalue weighted by molar-refractivity contribution is 5.27. The molecule has 0 unspecified atom stereocenters. The summed E-state index contributed by atoms with van der Waals surface area (Å²) in [6, 6.07) is 7.97. The number of rotatable bonds is 7. The Kier molecular flexibility index (Phi) is 4.92. The Morgan fingerprint density at radius 1 is 1.37 bits per heavy atom. The van der Waals surface area contributed by atoms with Crippen LogP contribution in [-0.4, -0.2) is 33.3 Å². The van der Waals surface area contributed by atoms with Crippen LogP contribution in [0.2, 0.25) is 0 Å². The minimum Gasteiger partial charge on any atom is -0.492 e. The summed E-state index contributed by atoms with van der Waals surface area (Å²) in [6.07, 6.45) is 3.38. The van der Waals surface area contributed by atoms with Crippen LogP contribution in [0.15, 0.2) is 30.5 Å². The first-order valence-corrected chi connectivity index (χ1v) is 6.47. The lowest BCUT2D eigenvalue weighted by Gasteiger charge is -2.06. The molecule has 1 aromatic carbocycles. The van der Waals surface area contributed by atoms with Gasteiger partial charge in [-0.3, -0.25) is 0 Å². The van der Waals surface area contributed by atoms with Crippen molar-refractivity contribution in [2.45, 2.75) is 26.3 Å². The van der Waals surface area contributed by atoms with Crippen molar-refractivity contribution >= 4 is 0 Å². The SMILES string of the molecule is Cc1cccc(OCCn2cc(CCCO)nn2)c1. The molecule has 1 aromatic heterocycles. The Morgan fingerprint density at radius 3 is 3.05 bits per heavy atom. The van der Waals surface area contributed by atoms with E-state index in [0.29, 0.717) is 13.2 Å². The predicted octanol–water partition coefficient (Wildman–Crippen LogP) is 1.59. The van der Waals surface area contributed by atoms with Gasteiger partial charge in [0.15, 0.2) is 0 Å². The summed E-state index contributed by atoms with van der Waals surface area (Å²) in [5, 5.41) is 16.8. The average Bonchev–Trinajstić information content (AvgIpc) is 2.84. The Balaban J connectivity index is 1.77. The normalized spacial score (nSPS) is 10.6. The fourth-order valence-corrected chi connectivity index (χ4v) is 1.78. The number of nitrogens with zero attached hydrogens (tertiary/aromatic N) is 3. The van der Waals surface area contributed by atoms with Crippen molar-refractivity contribution in [3.05, 3.63) is 41.7 Å². The van der Waals surface area contributed by atoms with E-state index in [2.05, 4.69) is 10.3 Å². The molecule has 0 aliphatic heterocycles. The molecule has 1 N–H and O–H groups in total. The highest BCUT2D eigenvalue weighted by Gasteiger charge is 2.01. The molecule has 0 spiro atoms. The van der Waals surface area contributed by atoms with Gasteiger partial charge in [0.25, 0.3) is 0 Å². The van der Waals surface area contributed by atoms with Crippen LogP contribution in [0.25, 0.3) is 0 Å². The van der Waals surface area contributed by atoms with Crippen LogP contribution in [0.1, 0.15) is 17.7 Å². The highest BCUT2D eigenvalue weighted by Crippen LogP contribution is 2.12. The first-order chi connectivity index (χ1) is 9.28. The van der Waals surface area contributed by atoms with Gasteiger partial charge in [-0.25, -0.2) is 4.68 Å². The van der Waals surface area contributed by atoms with Gasteiger partial charge in [0.2, 0.25) is 0 Å². The molecule has 2 rings (SSSR count).